The van der Waals surface area contributed by atoms with Crippen LogP contribution in [-0.2, 0) is 0 Å². The molecule has 0 aliphatic rings. The molecule has 0 aliphatic heterocycles. The molecule has 2 aromatic rings. The molecule has 8 heteroatoms. The molecule has 2 rings (SSSR count). The van der Waals surface area contributed by atoms with E-state index in [0.29, 0.717) is 4.88 Å². The van der Waals surface area contributed by atoms with Crippen LogP contribution in [0.5, 0.6) is 0 Å². The van der Waals surface area contributed by atoms with E-state index in [9.17, 15) is 26.7 Å². The van der Waals surface area contributed by atoms with Gasteiger partial charge in [0.15, 0.2) is 23.3 Å². The second-order valence-electron chi connectivity index (χ2n) is 3.81. The topological polar surface area (TPSA) is 17.1 Å². The Morgan fingerprint density at radius 1 is 1.00 bits per heavy atom. The highest BCUT2D eigenvalue weighted by atomic mass is 79.9. The summed E-state index contributed by atoms with van der Waals surface area (Å²) < 4.78 is 66.3. The van der Waals surface area contributed by atoms with Crippen LogP contribution in [0.4, 0.5) is 22.0 Å². The van der Waals surface area contributed by atoms with E-state index in [1.54, 1.807) is 6.92 Å². The first-order chi connectivity index (χ1) is 9.25. The van der Waals surface area contributed by atoms with E-state index in [1.807, 2.05) is 0 Å². The van der Waals surface area contributed by atoms with Crippen molar-refractivity contribution in [3.63, 3.8) is 0 Å². The molecule has 1 aromatic carbocycles. The fourth-order valence-electron chi connectivity index (χ4n) is 1.56. The summed E-state index contributed by atoms with van der Waals surface area (Å²) in [5.74, 6) is -12.1. The highest BCUT2D eigenvalue weighted by Gasteiger charge is 2.31. The van der Waals surface area contributed by atoms with E-state index in [2.05, 4.69) is 15.9 Å². The first-order valence-electron chi connectivity index (χ1n) is 5.07. The molecule has 0 saturated heterocycles. The maximum absolute atomic E-state index is 13.5. The van der Waals surface area contributed by atoms with Crippen molar-refractivity contribution >= 4 is 33.0 Å². The molecule has 0 N–H and O–H groups in total. The minimum absolute atomic E-state index is 0.134. The molecule has 0 aliphatic carbocycles. The lowest BCUT2D eigenvalue weighted by Gasteiger charge is -2.06. The maximum Gasteiger partial charge on any atom is 0.210 e. The molecule has 106 valence electrons. The zero-order valence-corrected chi connectivity index (χ0v) is 12.1. The van der Waals surface area contributed by atoms with E-state index >= 15 is 0 Å². The average molecular weight is 371 g/mol. The Morgan fingerprint density at radius 3 is 1.85 bits per heavy atom. The van der Waals surface area contributed by atoms with Gasteiger partial charge >= 0.3 is 0 Å². The molecule has 0 fully saturated rings. The standard InChI is InChI=1S/C12H4BrF5OS/c1-3-2-4(13)12(20-3)11(19)5-6(14)8(16)10(18)9(17)7(5)15/h2H,1H3. The van der Waals surface area contributed by atoms with E-state index in [1.165, 1.54) is 6.07 Å². The van der Waals surface area contributed by atoms with Gasteiger partial charge in [0.2, 0.25) is 11.6 Å². The minimum Gasteiger partial charge on any atom is -0.287 e. The number of rotatable bonds is 2. The van der Waals surface area contributed by atoms with Gasteiger partial charge < -0.3 is 0 Å². The van der Waals surface area contributed by atoms with Crippen molar-refractivity contribution in [2.45, 2.75) is 6.92 Å². The third kappa shape index (κ3) is 2.26. The molecule has 0 radical (unpaired) electrons. The van der Waals surface area contributed by atoms with Gasteiger partial charge in [-0.05, 0) is 28.9 Å². The van der Waals surface area contributed by atoms with E-state index in [0.717, 1.165) is 11.3 Å². The Balaban J connectivity index is 2.70. The number of ketones is 1. The summed E-state index contributed by atoms with van der Waals surface area (Å²) in [7, 11) is 0. The number of halogens is 6. The smallest absolute Gasteiger partial charge is 0.210 e. The van der Waals surface area contributed by atoms with E-state index in [-0.39, 0.29) is 9.35 Å². The molecule has 1 aromatic heterocycles. The van der Waals surface area contributed by atoms with Crippen LogP contribution in [0.1, 0.15) is 20.1 Å². The Kier molecular flexibility index (Phi) is 3.97. The van der Waals surface area contributed by atoms with Crippen LogP contribution in [0.3, 0.4) is 0 Å². The number of thiophene rings is 1. The molecule has 0 saturated carbocycles. The zero-order chi connectivity index (χ0) is 15.2. The Labute approximate surface area is 122 Å². The van der Waals surface area contributed by atoms with E-state index < -0.39 is 40.4 Å². The Bertz CT molecular complexity index is 696. The lowest BCUT2D eigenvalue weighted by atomic mass is 10.1. The summed E-state index contributed by atoms with van der Waals surface area (Å²) in [5.41, 5.74) is -1.45. The molecule has 0 spiro atoms. The first kappa shape index (κ1) is 15.1. The Hall–Kier alpha value is -1.28. The third-order valence-electron chi connectivity index (χ3n) is 2.45. The predicted molar refractivity (Wildman–Crippen MR) is 66.4 cm³/mol. The zero-order valence-electron chi connectivity index (χ0n) is 9.66. The highest BCUT2D eigenvalue weighted by molar-refractivity contribution is 9.10. The average Bonchev–Trinajstić information content (AvgIpc) is 2.73. The second-order valence-corrected chi connectivity index (χ2v) is 5.92. The fourth-order valence-corrected chi connectivity index (χ4v) is 3.32. The molecular formula is C12H4BrF5OS. The predicted octanol–water partition coefficient (Wildman–Crippen LogP) is 4.75. The molecule has 0 unspecified atom stereocenters. The molecule has 1 heterocycles. The van der Waals surface area contributed by atoms with Crippen molar-refractivity contribution in [2.24, 2.45) is 0 Å². The lowest BCUT2D eigenvalue weighted by Crippen LogP contribution is -2.13. The van der Waals surface area contributed by atoms with Crippen molar-refractivity contribution in [2.75, 3.05) is 0 Å². The van der Waals surface area contributed by atoms with Crippen molar-refractivity contribution < 1.29 is 26.7 Å². The molecule has 0 bridgehead atoms. The SMILES string of the molecule is Cc1cc(Br)c(C(=O)c2c(F)c(F)c(F)c(F)c2F)s1. The van der Waals surface area contributed by atoms with Crippen molar-refractivity contribution in [3.05, 3.63) is 54.9 Å². The molecule has 20 heavy (non-hydrogen) atoms. The lowest BCUT2D eigenvalue weighted by molar-refractivity contribution is 0.103. The number of hydrogen-bond acceptors (Lipinski definition) is 2. The van der Waals surface area contributed by atoms with Crippen molar-refractivity contribution in [3.8, 4) is 0 Å². The summed E-state index contributed by atoms with van der Waals surface area (Å²) >= 11 is 3.88. The van der Waals surface area contributed by atoms with Gasteiger partial charge in [-0.15, -0.1) is 11.3 Å². The van der Waals surface area contributed by atoms with Gasteiger partial charge in [-0.1, -0.05) is 0 Å². The number of aryl methyl sites for hydroxylation is 1. The molecule has 0 amide bonds. The summed E-state index contributed by atoms with van der Waals surface area (Å²) in [4.78, 5) is 12.5. The molecule has 1 nitrogen and oxygen atoms in total. The van der Waals surface area contributed by atoms with Crippen molar-refractivity contribution in [1.29, 1.82) is 0 Å². The van der Waals surface area contributed by atoms with Crippen LogP contribution in [0, 0.1) is 36.0 Å². The van der Waals surface area contributed by atoms with Gasteiger partial charge in [0.25, 0.3) is 0 Å². The summed E-state index contributed by atoms with van der Waals surface area (Å²) in [6.45, 7) is 1.63. The maximum atomic E-state index is 13.5. The first-order valence-corrected chi connectivity index (χ1v) is 6.68. The largest absolute Gasteiger partial charge is 0.287 e. The summed E-state index contributed by atoms with van der Waals surface area (Å²) in [5, 5.41) is 0. The normalized spacial score (nSPS) is 10.9. The van der Waals surface area contributed by atoms with E-state index in [4.69, 9.17) is 0 Å². The Morgan fingerprint density at radius 2 is 1.45 bits per heavy atom. The van der Waals surface area contributed by atoms with Crippen LogP contribution in [-0.4, -0.2) is 5.78 Å². The number of carbonyl (C=O) groups excluding carboxylic acids is 1. The molecular weight excluding hydrogens is 367 g/mol. The third-order valence-corrected chi connectivity index (χ3v) is 4.39. The van der Waals surface area contributed by atoms with Crippen LogP contribution < -0.4 is 0 Å². The van der Waals surface area contributed by atoms with Gasteiger partial charge in [-0.2, -0.15) is 0 Å². The van der Waals surface area contributed by atoms with Crippen LogP contribution >= 0.6 is 27.3 Å². The van der Waals surface area contributed by atoms with Crippen molar-refractivity contribution in [1.82, 2.24) is 0 Å². The second kappa shape index (κ2) is 5.25. The summed E-state index contributed by atoms with van der Waals surface area (Å²) in [6, 6.07) is 1.50. The van der Waals surface area contributed by atoms with Gasteiger partial charge in [-0.3, -0.25) is 4.79 Å². The molecule has 0 atom stereocenters. The highest BCUT2D eigenvalue weighted by Crippen LogP contribution is 2.32. The summed E-state index contributed by atoms with van der Waals surface area (Å²) in [6.07, 6.45) is 0. The quantitative estimate of drug-likeness (QED) is 0.323. The van der Waals surface area contributed by atoms with Gasteiger partial charge in [0, 0.05) is 9.35 Å². The van der Waals surface area contributed by atoms with Gasteiger partial charge in [0.05, 0.1) is 4.88 Å². The van der Waals surface area contributed by atoms with Gasteiger partial charge in [-0.25, -0.2) is 22.0 Å². The minimum atomic E-state index is -2.29. The monoisotopic (exact) mass is 370 g/mol. The van der Waals surface area contributed by atoms with Gasteiger partial charge in [0.1, 0.15) is 5.56 Å². The fraction of sp³-hybridized carbons (Fsp3) is 0.0833. The number of benzene rings is 1. The number of carbonyl (C=O) groups is 1. The van der Waals surface area contributed by atoms with Crippen LogP contribution in [0.25, 0.3) is 0 Å². The van der Waals surface area contributed by atoms with Crippen LogP contribution in [0.2, 0.25) is 0 Å². The van der Waals surface area contributed by atoms with Crippen LogP contribution in [0.15, 0.2) is 10.5 Å². The number of hydrogen-bond donors (Lipinski definition) is 0.